The van der Waals surface area contributed by atoms with Crippen LogP contribution in [0.3, 0.4) is 0 Å². The molecule has 1 N–H and O–H groups in total. The summed E-state index contributed by atoms with van der Waals surface area (Å²) >= 11 is 0. The average molecular weight is 223 g/mol. The Labute approximate surface area is 103 Å². The third kappa shape index (κ3) is 3.22. The summed E-state index contributed by atoms with van der Waals surface area (Å²) in [6.45, 7) is 2.10. The number of anilines is 1. The summed E-state index contributed by atoms with van der Waals surface area (Å²) in [6, 6.07) is 16.9. The molecule has 2 aromatic carbocycles. The molecule has 0 spiro atoms. The summed E-state index contributed by atoms with van der Waals surface area (Å²) in [6.07, 6.45) is 4.26. The van der Waals surface area contributed by atoms with E-state index in [1.54, 1.807) is 0 Å². The lowest BCUT2D eigenvalue weighted by atomic mass is 10.1. The van der Waals surface area contributed by atoms with Gasteiger partial charge in [-0.05, 0) is 30.2 Å². The minimum atomic E-state index is 1.14. The van der Waals surface area contributed by atoms with Crippen LogP contribution in [0.5, 0.6) is 0 Å². The first-order valence-electron chi connectivity index (χ1n) is 5.80. The largest absolute Gasteiger partial charge is 0.388 e. The molecular weight excluding hydrogens is 206 g/mol. The van der Waals surface area contributed by atoms with Gasteiger partial charge in [-0.15, -0.1) is 0 Å². The second kappa shape index (κ2) is 5.35. The second-order valence-corrected chi connectivity index (χ2v) is 4.12. The van der Waals surface area contributed by atoms with Crippen molar-refractivity contribution in [3.63, 3.8) is 0 Å². The van der Waals surface area contributed by atoms with E-state index in [0.29, 0.717) is 0 Å². The summed E-state index contributed by atoms with van der Waals surface area (Å²) in [4.78, 5) is 0. The molecule has 0 aliphatic carbocycles. The van der Waals surface area contributed by atoms with Gasteiger partial charge in [0, 0.05) is 12.7 Å². The van der Waals surface area contributed by atoms with E-state index in [4.69, 9.17) is 0 Å². The molecule has 0 saturated heterocycles. The van der Waals surface area contributed by atoms with Crippen LogP contribution in [0.4, 0.5) is 5.69 Å². The monoisotopic (exact) mass is 223 g/mol. The molecular formula is C16H17N. The van der Waals surface area contributed by atoms with Crippen molar-refractivity contribution in [1.82, 2.24) is 0 Å². The van der Waals surface area contributed by atoms with Crippen molar-refractivity contribution < 1.29 is 0 Å². The number of hydrogen-bond donors (Lipinski definition) is 1. The molecule has 0 fully saturated rings. The molecule has 0 atom stereocenters. The molecule has 0 unspecified atom stereocenters. The summed E-state index contributed by atoms with van der Waals surface area (Å²) in [5, 5.41) is 3.11. The van der Waals surface area contributed by atoms with Crippen molar-refractivity contribution in [3.05, 3.63) is 65.2 Å². The Hall–Kier alpha value is -2.02. The zero-order chi connectivity index (χ0) is 12.1. The molecule has 2 rings (SSSR count). The third-order valence-electron chi connectivity index (χ3n) is 2.74. The molecule has 0 aromatic heterocycles. The van der Waals surface area contributed by atoms with Crippen LogP contribution in [-0.4, -0.2) is 7.05 Å². The molecule has 86 valence electrons. The first kappa shape index (κ1) is 11.5. The van der Waals surface area contributed by atoms with Gasteiger partial charge in [0.2, 0.25) is 0 Å². The molecule has 1 heteroatoms. The molecule has 0 heterocycles. The number of nitrogens with one attached hydrogen (secondary N) is 1. The molecule has 0 aliphatic heterocycles. The van der Waals surface area contributed by atoms with E-state index in [2.05, 4.69) is 72.9 Å². The van der Waals surface area contributed by atoms with E-state index >= 15 is 0 Å². The van der Waals surface area contributed by atoms with Crippen molar-refractivity contribution >= 4 is 17.8 Å². The van der Waals surface area contributed by atoms with Gasteiger partial charge >= 0.3 is 0 Å². The van der Waals surface area contributed by atoms with E-state index in [0.717, 1.165) is 5.69 Å². The van der Waals surface area contributed by atoms with Gasteiger partial charge in [0.25, 0.3) is 0 Å². The van der Waals surface area contributed by atoms with Crippen LogP contribution in [-0.2, 0) is 0 Å². The molecule has 0 saturated carbocycles. The summed E-state index contributed by atoms with van der Waals surface area (Å²) in [7, 11) is 1.93. The topological polar surface area (TPSA) is 12.0 Å². The van der Waals surface area contributed by atoms with Crippen LogP contribution in [0.2, 0.25) is 0 Å². The van der Waals surface area contributed by atoms with Crippen LogP contribution in [0.1, 0.15) is 16.7 Å². The Morgan fingerprint density at radius 1 is 0.765 bits per heavy atom. The summed E-state index contributed by atoms with van der Waals surface area (Å²) in [5.41, 5.74) is 4.87. The highest BCUT2D eigenvalue weighted by Crippen LogP contribution is 2.12. The number of hydrogen-bond acceptors (Lipinski definition) is 1. The Bertz CT molecular complexity index is 492. The Morgan fingerprint density at radius 3 is 1.71 bits per heavy atom. The Balaban J connectivity index is 2.11. The normalized spacial score (nSPS) is 10.7. The maximum atomic E-state index is 3.11. The average Bonchev–Trinajstić information content (AvgIpc) is 2.39. The van der Waals surface area contributed by atoms with Crippen LogP contribution in [0, 0.1) is 6.92 Å². The van der Waals surface area contributed by atoms with E-state index in [9.17, 15) is 0 Å². The van der Waals surface area contributed by atoms with Crippen molar-refractivity contribution in [2.75, 3.05) is 12.4 Å². The predicted molar refractivity (Wildman–Crippen MR) is 76.1 cm³/mol. The maximum Gasteiger partial charge on any atom is 0.0337 e. The number of rotatable bonds is 3. The van der Waals surface area contributed by atoms with Gasteiger partial charge in [-0.3, -0.25) is 0 Å². The van der Waals surface area contributed by atoms with Gasteiger partial charge in [-0.1, -0.05) is 54.1 Å². The highest BCUT2D eigenvalue weighted by atomic mass is 14.8. The van der Waals surface area contributed by atoms with Gasteiger partial charge in [0.1, 0.15) is 0 Å². The summed E-state index contributed by atoms with van der Waals surface area (Å²) in [5.74, 6) is 0. The van der Waals surface area contributed by atoms with Crippen LogP contribution in [0.15, 0.2) is 48.5 Å². The van der Waals surface area contributed by atoms with Crippen molar-refractivity contribution in [3.8, 4) is 0 Å². The minimum absolute atomic E-state index is 1.14. The fourth-order valence-corrected chi connectivity index (χ4v) is 1.63. The molecule has 0 amide bonds. The molecule has 17 heavy (non-hydrogen) atoms. The third-order valence-corrected chi connectivity index (χ3v) is 2.74. The lowest BCUT2D eigenvalue weighted by molar-refractivity contribution is 1.46. The summed E-state index contributed by atoms with van der Waals surface area (Å²) < 4.78 is 0. The lowest BCUT2D eigenvalue weighted by Crippen LogP contribution is -1.86. The minimum Gasteiger partial charge on any atom is -0.388 e. The quantitative estimate of drug-likeness (QED) is 0.769. The zero-order valence-corrected chi connectivity index (χ0v) is 10.3. The van der Waals surface area contributed by atoms with E-state index in [1.807, 2.05) is 7.05 Å². The highest BCUT2D eigenvalue weighted by Gasteiger charge is 1.90. The highest BCUT2D eigenvalue weighted by molar-refractivity contribution is 5.70. The number of benzene rings is 2. The maximum absolute atomic E-state index is 3.11. The lowest BCUT2D eigenvalue weighted by Gasteiger charge is -1.99. The van der Waals surface area contributed by atoms with Gasteiger partial charge in [0.05, 0.1) is 0 Å². The molecule has 2 aromatic rings. The fourth-order valence-electron chi connectivity index (χ4n) is 1.63. The van der Waals surface area contributed by atoms with E-state index < -0.39 is 0 Å². The van der Waals surface area contributed by atoms with Crippen molar-refractivity contribution in [1.29, 1.82) is 0 Å². The molecule has 0 aliphatic rings. The van der Waals surface area contributed by atoms with Crippen LogP contribution >= 0.6 is 0 Å². The van der Waals surface area contributed by atoms with Crippen LogP contribution < -0.4 is 5.32 Å². The standard InChI is InChI=1S/C16H17N/c1-13-3-5-14(6-4-13)7-8-15-9-11-16(17-2)12-10-15/h3-12,17H,1-2H3/b8-7+. The van der Waals surface area contributed by atoms with Gasteiger partial charge in [-0.2, -0.15) is 0 Å². The SMILES string of the molecule is CNc1ccc(/C=C/c2ccc(C)cc2)cc1. The van der Waals surface area contributed by atoms with Gasteiger partial charge < -0.3 is 5.32 Å². The van der Waals surface area contributed by atoms with Crippen molar-refractivity contribution in [2.45, 2.75) is 6.92 Å². The second-order valence-electron chi connectivity index (χ2n) is 4.12. The fraction of sp³-hybridized carbons (Fsp3) is 0.125. The van der Waals surface area contributed by atoms with Crippen LogP contribution in [0.25, 0.3) is 12.2 Å². The predicted octanol–water partition coefficient (Wildman–Crippen LogP) is 4.21. The first-order valence-corrected chi connectivity index (χ1v) is 5.80. The van der Waals surface area contributed by atoms with E-state index in [1.165, 1.54) is 16.7 Å². The van der Waals surface area contributed by atoms with E-state index in [-0.39, 0.29) is 0 Å². The number of aryl methyl sites for hydroxylation is 1. The smallest absolute Gasteiger partial charge is 0.0337 e. The molecule has 0 bridgehead atoms. The first-order chi connectivity index (χ1) is 8.28. The Kier molecular flexibility index (Phi) is 3.61. The Morgan fingerprint density at radius 2 is 1.24 bits per heavy atom. The molecule has 0 radical (unpaired) electrons. The van der Waals surface area contributed by atoms with Gasteiger partial charge in [-0.25, -0.2) is 0 Å². The van der Waals surface area contributed by atoms with Crippen molar-refractivity contribution in [2.24, 2.45) is 0 Å². The zero-order valence-electron chi connectivity index (χ0n) is 10.3. The van der Waals surface area contributed by atoms with Gasteiger partial charge in [0.15, 0.2) is 0 Å². The molecule has 1 nitrogen and oxygen atoms in total.